The molecule has 0 amide bonds. The third-order valence-electron chi connectivity index (χ3n) is 9.71. The molecule has 0 saturated heterocycles. The Labute approximate surface area is 271 Å². The maximum Gasteiger partial charge on any atom is 0.133 e. The number of nitrogens with zero attached hydrogens (tertiary/aromatic N) is 1. The lowest BCUT2D eigenvalue weighted by Gasteiger charge is -2.34. The molecule has 0 spiro atoms. The van der Waals surface area contributed by atoms with Crippen LogP contribution in [0.3, 0.4) is 0 Å². The first-order chi connectivity index (χ1) is 22.6. The van der Waals surface area contributed by atoms with Gasteiger partial charge in [0.15, 0.2) is 0 Å². The molecule has 3 aliphatic rings. The maximum absolute atomic E-state index is 5.02. The van der Waals surface area contributed by atoms with Gasteiger partial charge in [-0.25, -0.2) is 4.99 Å². The molecule has 8 rings (SSSR count). The molecule has 2 heterocycles. The predicted octanol–water partition coefficient (Wildman–Crippen LogP) is 10.0. The Bertz CT molecular complexity index is 2080. The second kappa shape index (κ2) is 12.1. The largest absolute Gasteiger partial charge is 0.364 e. The lowest BCUT2D eigenvalue weighted by atomic mass is 9.77. The molecule has 0 bridgehead atoms. The van der Waals surface area contributed by atoms with Gasteiger partial charge in [-0.3, -0.25) is 5.32 Å². The monoisotopic (exact) mass is 597 g/mol. The van der Waals surface area contributed by atoms with E-state index in [2.05, 4.69) is 164 Å². The van der Waals surface area contributed by atoms with Gasteiger partial charge in [0, 0.05) is 29.3 Å². The van der Waals surface area contributed by atoms with Crippen molar-refractivity contribution in [3.05, 3.63) is 179 Å². The summed E-state index contributed by atoms with van der Waals surface area (Å²) in [6.45, 7) is 4.30. The van der Waals surface area contributed by atoms with Crippen molar-refractivity contribution < 1.29 is 0 Å². The average Bonchev–Trinajstić information content (AvgIpc) is 3.11. The summed E-state index contributed by atoms with van der Waals surface area (Å²) >= 11 is 0. The highest BCUT2D eigenvalue weighted by atomic mass is 15.0. The van der Waals surface area contributed by atoms with Gasteiger partial charge in [0.25, 0.3) is 0 Å². The van der Waals surface area contributed by atoms with Crippen LogP contribution in [0.2, 0.25) is 0 Å². The lowest BCUT2D eigenvalue weighted by molar-refractivity contribution is 0.463. The molecular weight excluding hydrogens is 558 g/mol. The molecule has 0 aromatic heterocycles. The molecule has 3 heteroatoms. The first kappa shape index (κ1) is 28.5. The molecule has 0 fully saturated rings. The summed E-state index contributed by atoms with van der Waals surface area (Å²) in [5, 5.41) is 12.9. The molecule has 0 radical (unpaired) electrons. The molecule has 2 aliphatic heterocycles. The average molecular weight is 598 g/mol. The van der Waals surface area contributed by atoms with Crippen LogP contribution in [0.5, 0.6) is 0 Å². The summed E-state index contributed by atoms with van der Waals surface area (Å²) in [7, 11) is 0. The van der Waals surface area contributed by atoms with E-state index in [-0.39, 0.29) is 24.0 Å². The van der Waals surface area contributed by atoms with Gasteiger partial charge in [0.2, 0.25) is 0 Å². The number of aliphatic imine (C=N–C) groups is 1. The number of nitrogens with one attached hydrogen (secondary N) is 2. The van der Waals surface area contributed by atoms with Crippen LogP contribution in [0.1, 0.15) is 61.4 Å². The van der Waals surface area contributed by atoms with E-state index in [0.717, 1.165) is 24.4 Å². The van der Waals surface area contributed by atoms with Crippen LogP contribution in [0, 0.1) is 0 Å². The molecule has 46 heavy (non-hydrogen) atoms. The second-order valence-corrected chi connectivity index (χ2v) is 13.0. The molecule has 0 saturated carbocycles. The normalized spacial score (nSPS) is 23.1. The maximum atomic E-state index is 5.02. The number of hydrogen-bond donors (Lipinski definition) is 2. The predicted molar refractivity (Wildman–Crippen MR) is 193 cm³/mol. The van der Waals surface area contributed by atoms with Crippen molar-refractivity contribution in [2.45, 2.75) is 50.7 Å². The summed E-state index contributed by atoms with van der Waals surface area (Å²) in [5.74, 6) is 1.17. The van der Waals surface area contributed by atoms with Crippen molar-refractivity contribution in [1.82, 2.24) is 10.6 Å². The minimum Gasteiger partial charge on any atom is -0.364 e. The number of amidine groups is 1. The van der Waals surface area contributed by atoms with Crippen LogP contribution in [0.15, 0.2) is 167 Å². The van der Waals surface area contributed by atoms with Crippen LogP contribution in [-0.4, -0.2) is 11.9 Å². The third-order valence-corrected chi connectivity index (χ3v) is 9.71. The van der Waals surface area contributed by atoms with E-state index in [1.165, 1.54) is 55.0 Å². The summed E-state index contributed by atoms with van der Waals surface area (Å²) < 4.78 is 0. The standard InChI is InChI=1S/C43H39N3/c1-28-21-29(2)45-43(44-28)36-23-33(22-35(24-36)40-25-32-17-9-10-18-37(32)38-19-11-12-20-39(38)40)34-26-41(30-13-5-3-6-14-30)46-42(27-34)31-15-7-4-8-16-31/h3-21,23-26,28,35,41-42,46H,22,27H2,1-2H3,(H,44,45). The Morgan fingerprint density at radius 3 is 2.09 bits per heavy atom. The topological polar surface area (TPSA) is 36.4 Å². The van der Waals surface area contributed by atoms with Gasteiger partial charge in [0.1, 0.15) is 5.84 Å². The quantitative estimate of drug-likeness (QED) is 0.198. The minimum absolute atomic E-state index is 0.126. The Morgan fingerprint density at radius 2 is 1.33 bits per heavy atom. The van der Waals surface area contributed by atoms with Gasteiger partial charge in [-0.05, 0) is 94.3 Å². The van der Waals surface area contributed by atoms with E-state index >= 15 is 0 Å². The highest BCUT2D eigenvalue weighted by Crippen LogP contribution is 2.43. The highest BCUT2D eigenvalue weighted by Gasteiger charge is 2.30. The first-order valence-corrected chi connectivity index (χ1v) is 16.5. The molecule has 226 valence electrons. The minimum atomic E-state index is 0.126. The molecule has 5 aromatic rings. The Kier molecular flexibility index (Phi) is 7.48. The van der Waals surface area contributed by atoms with E-state index in [0.29, 0.717) is 0 Å². The molecule has 3 nitrogen and oxygen atoms in total. The van der Waals surface area contributed by atoms with E-state index in [4.69, 9.17) is 4.99 Å². The van der Waals surface area contributed by atoms with E-state index < -0.39 is 0 Å². The van der Waals surface area contributed by atoms with Gasteiger partial charge >= 0.3 is 0 Å². The second-order valence-electron chi connectivity index (χ2n) is 13.0. The van der Waals surface area contributed by atoms with Gasteiger partial charge in [-0.1, -0.05) is 121 Å². The fourth-order valence-electron chi connectivity index (χ4n) is 7.58. The highest BCUT2D eigenvalue weighted by molar-refractivity contribution is 6.09. The van der Waals surface area contributed by atoms with Crippen molar-refractivity contribution in [1.29, 1.82) is 0 Å². The van der Waals surface area contributed by atoms with E-state index in [9.17, 15) is 0 Å². The van der Waals surface area contributed by atoms with Crippen molar-refractivity contribution in [2.75, 3.05) is 0 Å². The van der Waals surface area contributed by atoms with Crippen LogP contribution in [-0.2, 0) is 0 Å². The first-order valence-electron chi connectivity index (χ1n) is 16.5. The number of benzene rings is 5. The molecule has 4 unspecified atom stereocenters. The number of fused-ring (bicyclic) bond motifs is 3. The Balaban J connectivity index is 1.28. The van der Waals surface area contributed by atoms with Crippen LogP contribution >= 0.6 is 0 Å². The lowest BCUT2D eigenvalue weighted by Crippen LogP contribution is -2.35. The van der Waals surface area contributed by atoms with Crippen LogP contribution in [0.4, 0.5) is 0 Å². The molecule has 4 atom stereocenters. The van der Waals surface area contributed by atoms with Crippen molar-refractivity contribution in [2.24, 2.45) is 4.99 Å². The Hall–Kier alpha value is -4.99. The summed E-state index contributed by atoms with van der Waals surface area (Å²) in [5.41, 5.74) is 9.04. The zero-order valence-electron chi connectivity index (χ0n) is 26.4. The fraction of sp³-hybridized carbons (Fsp3) is 0.186. The van der Waals surface area contributed by atoms with Crippen LogP contribution < -0.4 is 10.6 Å². The van der Waals surface area contributed by atoms with Crippen molar-refractivity contribution >= 4 is 27.4 Å². The SMILES string of the molecule is CC1=CC(C)NC(C2=CC(c3cc4ccccc4c4ccccc34)CC(C3=CC(c4ccccc4)NC(c4ccccc4)C3)=C2)=N1. The number of rotatable bonds is 5. The Morgan fingerprint density at radius 1 is 0.652 bits per heavy atom. The van der Waals surface area contributed by atoms with Crippen molar-refractivity contribution in [3.63, 3.8) is 0 Å². The number of hydrogen-bond acceptors (Lipinski definition) is 3. The summed E-state index contributed by atoms with van der Waals surface area (Å²) in [4.78, 5) is 5.02. The molecular formula is C43H39N3. The zero-order valence-corrected chi connectivity index (χ0v) is 26.4. The number of allylic oxidation sites excluding steroid dienone is 3. The molecule has 2 N–H and O–H groups in total. The summed E-state index contributed by atoms with van der Waals surface area (Å²) in [6, 6.07) is 42.5. The van der Waals surface area contributed by atoms with E-state index in [1.807, 2.05) is 0 Å². The van der Waals surface area contributed by atoms with Gasteiger partial charge in [-0.2, -0.15) is 0 Å². The smallest absolute Gasteiger partial charge is 0.133 e. The molecule has 1 aliphatic carbocycles. The van der Waals surface area contributed by atoms with Crippen molar-refractivity contribution in [3.8, 4) is 0 Å². The zero-order chi connectivity index (χ0) is 31.0. The van der Waals surface area contributed by atoms with Gasteiger partial charge in [0.05, 0.1) is 6.04 Å². The molecule has 5 aromatic carbocycles. The third kappa shape index (κ3) is 5.52. The van der Waals surface area contributed by atoms with E-state index in [1.54, 1.807) is 0 Å². The summed E-state index contributed by atoms with van der Waals surface area (Å²) in [6.07, 6.45) is 11.4. The fourth-order valence-corrected chi connectivity index (χ4v) is 7.58. The van der Waals surface area contributed by atoms with Crippen LogP contribution in [0.25, 0.3) is 21.5 Å². The van der Waals surface area contributed by atoms with Gasteiger partial charge < -0.3 is 5.32 Å². The van der Waals surface area contributed by atoms with Gasteiger partial charge in [-0.15, -0.1) is 0 Å².